The van der Waals surface area contributed by atoms with Gasteiger partial charge in [0.1, 0.15) is 6.07 Å². The number of nitrogens with two attached hydrogens (primary N) is 1. The minimum atomic E-state index is -0.614. The maximum Gasteiger partial charge on any atom is 0.253 e. The van der Waals surface area contributed by atoms with E-state index in [0.717, 1.165) is 0 Å². The van der Waals surface area contributed by atoms with Gasteiger partial charge in [-0.3, -0.25) is 9.48 Å². The second-order valence-electron chi connectivity index (χ2n) is 3.48. The summed E-state index contributed by atoms with van der Waals surface area (Å²) in [5.74, 6) is -0.210. The number of hydrogen-bond donors (Lipinski definition) is 1. The number of aromatic nitrogens is 2. The first-order valence-corrected chi connectivity index (χ1v) is 4.32. The predicted molar refractivity (Wildman–Crippen MR) is 50.3 cm³/mol. The molecule has 14 heavy (non-hydrogen) atoms. The van der Waals surface area contributed by atoms with E-state index in [1.807, 2.05) is 19.9 Å². The van der Waals surface area contributed by atoms with Crippen molar-refractivity contribution in [2.75, 3.05) is 0 Å². The Hall–Kier alpha value is -1.83. The van der Waals surface area contributed by atoms with Gasteiger partial charge in [-0.1, -0.05) is 13.8 Å². The van der Waals surface area contributed by atoms with Gasteiger partial charge in [0.05, 0.1) is 5.56 Å². The van der Waals surface area contributed by atoms with Crippen LogP contribution in [0.5, 0.6) is 0 Å². The molecule has 1 amide bonds. The van der Waals surface area contributed by atoms with Crippen molar-refractivity contribution in [3.63, 3.8) is 0 Å². The Balaban J connectivity index is 3.02. The number of carbonyl (C=O) groups excluding carboxylic acids is 1. The number of amides is 1. The van der Waals surface area contributed by atoms with E-state index < -0.39 is 5.91 Å². The van der Waals surface area contributed by atoms with Gasteiger partial charge in [-0.15, -0.1) is 0 Å². The first kappa shape index (κ1) is 10.3. The van der Waals surface area contributed by atoms with Crippen molar-refractivity contribution >= 4 is 5.91 Å². The highest BCUT2D eigenvalue weighted by atomic mass is 16.1. The molecule has 0 saturated heterocycles. The highest BCUT2D eigenvalue weighted by molar-refractivity contribution is 5.94. The number of rotatable bonds is 3. The van der Waals surface area contributed by atoms with Gasteiger partial charge in [0, 0.05) is 12.7 Å². The summed E-state index contributed by atoms with van der Waals surface area (Å²) in [5.41, 5.74) is 5.37. The summed E-state index contributed by atoms with van der Waals surface area (Å²) in [5, 5.41) is 12.6. The molecule has 0 bridgehead atoms. The Morgan fingerprint density at radius 2 is 2.43 bits per heavy atom. The van der Waals surface area contributed by atoms with E-state index >= 15 is 0 Å². The van der Waals surface area contributed by atoms with Crippen molar-refractivity contribution in [3.05, 3.63) is 17.5 Å². The third kappa shape index (κ3) is 2.10. The summed E-state index contributed by atoms with van der Waals surface area (Å²) in [6, 6.07) is 1.84. The lowest BCUT2D eigenvalue weighted by atomic mass is 10.2. The van der Waals surface area contributed by atoms with Crippen LogP contribution in [0.15, 0.2) is 6.20 Å². The fraction of sp³-hybridized carbons (Fsp3) is 0.444. The molecular weight excluding hydrogens is 180 g/mol. The van der Waals surface area contributed by atoms with Crippen molar-refractivity contribution in [2.24, 2.45) is 11.7 Å². The molecule has 0 aliphatic heterocycles. The average Bonchev–Trinajstić information content (AvgIpc) is 2.46. The Bertz CT molecular complexity index is 386. The Labute approximate surface area is 82.1 Å². The van der Waals surface area contributed by atoms with Gasteiger partial charge in [0.15, 0.2) is 5.69 Å². The molecule has 2 N–H and O–H groups in total. The molecule has 74 valence electrons. The summed E-state index contributed by atoms with van der Waals surface area (Å²) in [6.07, 6.45) is 1.51. The molecule has 1 heterocycles. The van der Waals surface area contributed by atoms with Crippen molar-refractivity contribution in [1.82, 2.24) is 9.78 Å². The summed E-state index contributed by atoms with van der Waals surface area (Å²) in [4.78, 5) is 10.9. The molecule has 1 aromatic heterocycles. The fourth-order valence-corrected chi connectivity index (χ4v) is 1.15. The van der Waals surface area contributed by atoms with Crippen molar-refractivity contribution in [2.45, 2.75) is 20.4 Å². The maximum absolute atomic E-state index is 10.9. The van der Waals surface area contributed by atoms with Gasteiger partial charge in [0.2, 0.25) is 0 Å². The highest BCUT2D eigenvalue weighted by Gasteiger charge is 2.13. The van der Waals surface area contributed by atoms with Crippen LogP contribution in [-0.4, -0.2) is 15.7 Å². The average molecular weight is 192 g/mol. The van der Waals surface area contributed by atoms with Crippen LogP contribution in [0.1, 0.15) is 29.9 Å². The number of nitriles is 1. The summed E-state index contributed by atoms with van der Waals surface area (Å²) in [7, 11) is 0. The van der Waals surface area contributed by atoms with E-state index in [9.17, 15) is 4.79 Å². The van der Waals surface area contributed by atoms with E-state index in [1.165, 1.54) is 6.20 Å². The molecule has 5 nitrogen and oxygen atoms in total. The molecule has 0 unspecified atom stereocenters. The second-order valence-corrected chi connectivity index (χ2v) is 3.48. The van der Waals surface area contributed by atoms with E-state index in [-0.39, 0.29) is 11.3 Å². The van der Waals surface area contributed by atoms with Gasteiger partial charge in [0.25, 0.3) is 5.91 Å². The molecule has 0 aliphatic carbocycles. The SMILES string of the molecule is CC(C)Cn1cc(C(N)=O)c(C#N)n1. The van der Waals surface area contributed by atoms with Crippen molar-refractivity contribution < 1.29 is 4.79 Å². The van der Waals surface area contributed by atoms with E-state index in [0.29, 0.717) is 12.5 Å². The van der Waals surface area contributed by atoms with Crippen molar-refractivity contribution in [1.29, 1.82) is 5.26 Å². The molecule has 0 aliphatic rings. The molecule has 0 fully saturated rings. The second kappa shape index (κ2) is 3.92. The first-order chi connectivity index (χ1) is 6.54. The van der Waals surface area contributed by atoms with Gasteiger partial charge in [-0.2, -0.15) is 10.4 Å². The minimum Gasteiger partial charge on any atom is -0.365 e. The first-order valence-electron chi connectivity index (χ1n) is 4.32. The Kier molecular flexibility index (Phi) is 2.87. The third-order valence-electron chi connectivity index (χ3n) is 1.69. The highest BCUT2D eigenvalue weighted by Crippen LogP contribution is 2.06. The molecule has 5 heteroatoms. The number of hydrogen-bond acceptors (Lipinski definition) is 3. The van der Waals surface area contributed by atoms with Gasteiger partial charge in [-0.05, 0) is 5.92 Å². The standard InChI is InChI=1S/C9H12N4O/c1-6(2)4-13-5-7(9(11)14)8(3-10)12-13/h5-6H,4H2,1-2H3,(H2,11,14). The normalized spacial score (nSPS) is 10.1. The smallest absolute Gasteiger partial charge is 0.253 e. The van der Waals surface area contributed by atoms with Gasteiger partial charge < -0.3 is 5.73 Å². The van der Waals surface area contributed by atoms with Crippen molar-refractivity contribution in [3.8, 4) is 6.07 Å². The summed E-state index contributed by atoms with van der Waals surface area (Å²) < 4.78 is 1.57. The van der Waals surface area contributed by atoms with Crippen LogP contribution in [-0.2, 0) is 6.54 Å². The molecule has 0 spiro atoms. The zero-order chi connectivity index (χ0) is 10.7. The van der Waals surface area contributed by atoms with E-state index in [4.69, 9.17) is 11.0 Å². The minimum absolute atomic E-state index is 0.0955. The maximum atomic E-state index is 10.9. The van der Waals surface area contributed by atoms with Crippen LogP contribution >= 0.6 is 0 Å². The number of primary amides is 1. The van der Waals surface area contributed by atoms with Gasteiger partial charge in [-0.25, -0.2) is 0 Å². The Morgan fingerprint density at radius 1 is 1.79 bits per heavy atom. The van der Waals surface area contributed by atoms with Crippen LogP contribution in [0.25, 0.3) is 0 Å². The predicted octanol–water partition coefficient (Wildman–Crippen LogP) is 0.510. The zero-order valence-corrected chi connectivity index (χ0v) is 8.19. The number of carbonyl (C=O) groups is 1. The summed E-state index contributed by atoms with van der Waals surface area (Å²) in [6.45, 7) is 4.72. The van der Waals surface area contributed by atoms with Crippen LogP contribution in [0.4, 0.5) is 0 Å². The Morgan fingerprint density at radius 3 is 2.79 bits per heavy atom. The molecule has 0 atom stereocenters. The molecule has 0 radical (unpaired) electrons. The van der Waals surface area contributed by atoms with Crippen LogP contribution in [0, 0.1) is 17.2 Å². The monoisotopic (exact) mass is 192 g/mol. The van der Waals surface area contributed by atoms with Crippen LogP contribution in [0.3, 0.4) is 0 Å². The molecule has 1 rings (SSSR count). The third-order valence-corrected chi connectivity index (χ3v) is 1.69. The van der Waals surface area contributed by atoms with Crippen LogP contribution < -0.4 is 5.73 Å². The van der Waals surface area contributed by atoms with Crippen LogP contribution in [0.2, 0.25) is 0 Å². The molecular formula is C9H12N4O. The van der Waals surface area contributed by atoms with Gasteiger partial charge >= 0.3 is 0 Å². The lowest BCUT2D eigenvalue weighted by Gasteiger charge is -2.02. The fourth-order valence-electron chi connectivity index (χ4n) is 1.15. The van der Waals surface area contributed by atoms with E-state index in [2.05, 4.69) is 5.10 Å². The topological polar surface area (TPSA) is 84.7 Å². The molecule has 1 aromatic rings. The lowest BCUT2D eigenvalue weighted by Crippen LogP contribution is -2.11. The summed E-state index contributed by atoms with van der Waals surface area (Å²) >= 11 is 0. The largest absolute Gasteiger partial charge is 0.365 e. The molecule has 0 aromatic carbocycles. The lowest BCUT2D eigenvalue weighted by molar-refractivity contribution is 0.1000. The molecule has 0 saturated carbocycles. The van der Waals surface area contributed by atoms with E-state index in [1.54, 1.807) is 4.68 Å². The quantitative estimate of drug-likeness (QED) is 0.757. The number of nitrogens with zero attached hydrogens (tertiary/aromatic N) is 3. The zero-order valence-electron chi connectivity index (χ0n) is 8.19.